The number of nitrogens with one attached hydrogen (secondary N) is 1. The number of carbonyl (C=O) groups is 3. The average Bonchev–Trinajstić information content (AvgIpc) is 2.84. The molecule has 1 saturated heterocycles. The largest absolute Gasteiger partial charge is 0.446 e. The maximum absolute atomic E-state index is 13.3. The first-order chi connectivity index (χ1) is 15.5. The predicted octanol–water partition coefficient (Wildman–Crippen LogP) is 2.10. The van der Waals surface area contributed by atoms with Crippen molar-refractivity contribution >= 4 is 23.6 Å². The topological polar surface area (TPSA) is 102 Å². The lowest BCUT2D eigenvalue weighted by Crippen LogP contribution is -2.53. The van der Waals surface area contributed by atoms with Gasteiger partial charge in [0, 0.05) is 45.0 Å². The summed E-state index contributed by atoms with van der Waals surface area (Å²) in [5.41, 5.74) is 2.83. The Labute approximate surface area is 189 Å². The van der Waals surface area contributed by atoms with Crippen molar-refractivity contribution in [3.8, 4) is 0 Å². The molecule has 3 atom stereocenters. The number of ether oxygens (including phenoxy) is 1. The number of rotatable bonds is 6. The van der Waals surface area contributed by atoms with E-state index in [1.165, 1.54) is 0 Å². The Balaban J connectivity index is 1.60. The highest BCUT2D eigenvalue weighted by Gasteiger charge is 2.42. The molecular weight excluding hydrogens is 412 g/mol. The van der Waals surface area contributed by atoms with Crippen LogP contribution in [0.2, 0.25) is 0 Å². The molecule has 1 saturated carbocycles. The van der Waals surface area contributed by atoms with Crippen LogP contribution in [0.1, 0.15) is 33.1 Å². The van der Waals surface area contributed by atoms with E-state index in [0.717, 1.165) is 18.8 Å². The second-order valence-electron chi connectivity index (χ2n) is 8.33. The zero-order valence-corrected chi connectivity index (χ0v) is 18.9. The number of amides is 3. The molecule has 1 heterocycles. The molecule has 176 valence electrons. The van der Waals surface area contributed by atoms with Crippen LogP contribution in [0.25, 0.3) is 0 Å². The number of benzene rings is 1. The second kappa shape index (κ2) is 11.2. The lowest BCUT2D eigenvalue weighted by Gasteiger charge is -2.40. The third-order valence-electron chi connectivity index (χ3n) is 6.57. The van der Waals surface area contributed by atoms with Crippen molar-refractivity contribution in [2.45, 2.75) is 39.2 Å². The van der Waals surface area contributed by atoms with Crippen LogP contribution in [-0.2, 0) is 14.3 Å². The minimum atomic E-state index is -0.733. The van der Waals surface area contributed by atoms with Crippen LogP contribution in [0.4, 0.5) is 10.5 Å². The molecule has 0 aromatic heterocycles. The minimum Gasteiger partial charge on any atom is -0.446 e. The Morgan fingerprint density at radius 2 is 1.69 bits per heavy atom. The molecule has 2 N–H and O–H groups in total. The molecule has 0 unspecified atom stereocenters. The number of hydrogen-bond donors (Lipinski definition) is 2. The van der Waals surface area contributed by atoms with Gasteiger partial charge in [0.15, 0.2) is 0 Å². The summed E-state index contributed by atoms with van der Waals surface area (Å²) in [5.74, 6) is -1.94. The van der Waals surface area contributed by atoms with E-state index in [1.807, 2.05) is 36.9 Å². The summed E-state index contributed by atoms with van der Waals surface area (Å²) >= 11 is 0. The highest BCUT2D eigenvalue weighted by Crippen LogP contribution is 2.34. The van der Waals surface area contributed by atoms with Crippen LogP contribution >= 0.6 is 0 Å². The fourth-order valence-corrected chi connectivity index (χ4v) is 4.66. The van der Waals surface area contributed by atoms with E-state index in [2.05, 4.69) is 17.0 Å². The van der Waals surface area contributed by atoms with E-state index >= 15 is 0 Å². The zero-order valence-electron chi connectivity index (χ0n) is 18.9. The lowest BCUT2D eigenvalue weighted by molar-refractivity contribution is -0.149. The molecule has 1 aliphatic carbocycles. The maximum atomic E-state index is 13.3. The first-order valence-electron chi connectivity index (χ1n) is 11.5. The minimum absolute atomic E-state index is 0.0696. The second-order valence-corrected chi connectivity index (χ2v) is 8.33. The summed E-state index contributed by atoms with van der Waals surface area (Å²) in [7, 11) is 0. The van der Waals surface area contributed by atoms with Gasteiger partial charge in [0.2, 0.25) is 11.8 Å². The van der Waals surface area contributed by atoms with Crippen molar-refractivity contribution in [3.05, 3.63) is 30.3 Å². The van der Waals surface area contributed by atoms with Crippen LogP contribution in [0, 0.1) is 11.8 Å². The number of nitrogens with zero attached hydrogens (tertiary/aromatic N) is 3. The number of anilines is 1. The van der Waals surface area contributed by atoms with E-state index in [-0.39, 0.29) is 12.3 Å². The van der Waals surface area contributed by atoms with Crippen LogP contribution in [0.3, 0.4) is 0 Å². The van der Waals surface area contributed by atoms with Crippen molar-refractivity contribution in [1.82, 2.24) is 15.3 Å². The summed E-state index contributed by atoms with van der Waals surface area (Å²) in [6.45, 7) is 7.44. The quantitative estimate of drug-likeness (QED) is 0.513. The number of hydroxylamine groups is 1. The van der Waals surface area contributed by atoms with Gasteiger partial charge >= 0.3 is 6.09 Å². The normalized spacial score (nSPS) is 23.4. The molecule has 9 heteroatoms. The van der Waals surface area contributed by atoms with Gasteiger partial charge in [0.05, 0.1) is 11.8 Å². The molecule has 32 heavy (non-hydrogen) atoms. The van der Waals surface area contributed by atoms with Gasteiger partial charge in [-0.25, -0.2) is 10.3 Å². The monoisotopic (exact) mass is 446 g/mol. The fraction of sp³-hybridized carbons (Fsp3) is 0.609. The van der Waals surface area contributed by atoms with Crippen LogP contribution < -0.4 is 10.4 Å². The number of hydrogen-bond acceptors (Lipinski definition) is 6. The summed E-state index contributed by atoms with van der Waals surface area (Å²) in [6.07, 6.45) is 0.309. The van der Waals surface area contributed by atoms with E-state index in [0.29, 0.717) is 39.0 Å². The first kappa shape index (κ1) is 23.8. The molecule has 0 spiro atoms. The van der Waals surface area contributed by atoms with E-state index < -0.39 is 29.9 Å². The van der Waals surface area contributed by atoms with Crippen LogP contribution in [0.15, 0.2) is 30.3 Å². The predicted molar refractivity (Wildman–Crippen MR) is 119 cm³/mol. The number of carbonyl (C=O) groups excluding carboxylic acids is 3. The van der Waals surface area contributed by atoms with Crippen molar-refractivity contribution in [1.29, 1.82) is 0 Å². The van der Waals surface area contributed by atoms with Gasteiger partial charge < -0.3 is 19.4 Å². The van der Waals surface area contributed by atoms with Gasteiger partial charge in [0.1, 0.15) is 6.10 Å². The zero-order chi connectivity index (χ0) is 23.1. The molecule has 0 radical (unpaired) electrons. The van der Waals surface area contributed by atoms with Gasteiger partial charge in [-0.1, -0.05) is 18.2 Å². The van der Waals surface area contributed by atoms with Crippen molar-refractivity contribution in [2.24, 2.45) is 11.8 Å². The third kappa shape index (κ3) is 5.51. The fourth-order valence-electron chi connectivity index (χ4n) is 4.66. The van der Waals surface area contributed by atoms with Gasteiger partial charge in [0.25, 0.3) is 0 Å². The molecular formula is C23H34N4O5. The Morgan fingerprint density at radius 1 is 1.03 bits per heavy atom. The molecule has 0 bridgehead atoms. The maximum Gasteiger partial charge on any atom is 0.410 e. The Morgan fingerprint density at radius 3 is 2.28 bits per heavy atom. The molecule has 2 fully saturated rings. The molecule has 1 aliphatic heterocycles. The summed E-state index contributed by atoms with van der Waals surface area (Å²) < 4.78 is 5.59. The molecule has 2 aliphatic rings. The first-order valence-corrected chi connectivity index (χ1v) is 11.5. The Hall–Kier alpha value is -2.81. The Bertz CT molecular complexity index is 778. The van der Waals surface area contributed by atoms with Gasteiger partial charge in [-0.05, 0) is 45.2 Å². The van der Waals surface area contributed by atoms with Gasteiger partial charge in [-0.3, -0.25) is 14.8 Å². The SMILES string of the molecule is CCN(CC)C(=O)O[C@@H]1CC[C@H](C(=O)N2CCN(c3ccccc3)CC2)[C@@H](C(=O)NO)C1. The lowest BCUT2D eigenvalue weighted by atomic mass is 9.76. The third-order valence-corrected chi connectivity index (χ3v) is 6.57. The van der Waals surface area contributed by atoms with E-state index in [9.17, 15) is 19.6 Å². The Kier molecular flexibility index (Phi) is 8.33. The molecule has 1 aromatic carbocycles. The number of piperazine rings is 1. The van der Waals surface area contributed by atoms with Crippen molar-refractivity contribution in [2.75, 3.05) is 44.2 Å². The highest BCUT2D eigenvalue weighted by atomic mass is 16.6. The molecule has 3 rings (SSSR count). The summed E-state index contributed by atoms with van der Waals surface area (Å²) in [6, 6.07) is 10.1. The summed E-state index contributed by atoms with van der Waals surface area (Å²) in [4.78, 5) is 43.6. The van der Waals surface area contributed by atoms with E-state index in [4.69, 9.17) is 4.74 Å². The average molecular weight is 447 g/mol. The van der Waals surface area contributed by atoms with Crippen LogP contribution in [-0.4, -0.2) is 78.3 Å². The van der Waals surface area contributed by atoms with Crippen molar-refractivity contribution in [3.63, 3.8) is 0 Å². The highest BCUT2D eigenvalue weighted by molar-refractivity contribution is 5.87. The van der Waals surface area contributed by atoms with Crippen molar-refractivity contribution < 1.29 is 24.3 Å². The van der Waals surface area contributed by atoms with Gasteiger partial charge in [-0.15, -0.1) is 0 Å². The smallest absolute Gasteiger partial charge is 0.410 e. The molecule has 1 aromatic rings. The molecule has 3 amide bonds. The summed E-state index contributed by atoms with van der Waals surface area (Å²) in [5, 5.41) is 9.24. The number of para-hydroxylation sites is 1. The standard InChI is InChI=1S/C23H34N4O5/c1-3-25(4-2)23(30)32-18-10-11-19(20(16-18)21(28)24-31)22(29)27-14-12-26(13-15-27)17-8-6-5-7-9-17/h5-9,18-20,31H,3-4,10-16H2,1-2H3,(H,24,28)/t18-,19+,20+/m1/s1. The van der Waals surface area contributed by atoms with Crippen LogP contribution in [0.5, 0.6) is 0 Å². The van der Waals surface area contributed by atoms with E-state index in [1.54, 1.807) is 10.4 Å². The molecule has 9 nitrogen and oxygen atoms in total. The van der Waals surface area contributed by atoms with Gasteiger partial charge in [-0.2, -0.15) is 0 Å².